The molecule has 0 N–H and O–H groups in total. The maximum absolute atomic E-state index is 8.75. The molecular weight excluding hydrogens is 739 g/mol. The molecule has 1 saturated heterocycles. The quantitative estimate of drug-likeness (QED) is 0.267. The fourth-order valence-electron chi connectivity index (χ4n) is 7.22. The van der Waals surface area contributed by atoms with Crippen molar-refractivity contribution in [2.24, 2.45) is 40.0 Å². The van der Waals surface area contributed by atoms with Crippen LogP contribution in [0.3, 0.4) is 0 Å². The SMILES string of the molecule is C[C@H]1C[C-]=C(C2=C[C@H](C)[C@H](C)C[N-]2)CC1.[2H]C([2H])([2H])C1=NC2OC3=C([C@@H]4[N-]CC=C5C=C(C([2H])([2H])C(C)(C)C)SC54)[CH-]CCC3C2CC1.[Ir]. The van der Waals surface area contributed by atoms with Crippen LogP contribution in [0, 0.1) is 47.5 Å². The molecule has 7 aliphatic rings. The van der Waals surface area contributed by atoms with Crippen molar-refractivity contribution in [3.63, 3.8) is 0 Å². The van der Waals surface area contributed by atoms with E-state index in [2.05, 4.69) is 55.7 Å². The first kappa shape index (κ1) is 27.9. The molecule has 2 aliphatic carbocycles. The zero-order valence-electron chi connectivity index (χ0n) is 32.3. The van der Waals surface area contributed by atoms with Gasteiger partial charge in [0.05, 0.1) is 0 Å². The van der Waals surface area contributed by atoms with Crippen LogP contribution in [0.25, 0.3) is 10.6 Å². The summed E-state index contributed by atoms with van der Waals surface area (Å²) < 4.78 is 47.1. The second-order valence-corrected chi connectivity index (χ2v) is 15.8. The fraction of sp³-hybridized carbons (Fsp3) is 0.684. The van der Waals surface area contributed by atoms with E-state index in [9.17, 15) is 0 Å². The van der Waals surface area contributed by atoms with Gasteiger partial charge >= 0.3 is 0 Å². The molecule has 8 atom stereocenters. The van der Waals surface area contributed by atoms with Gasteiger partial charge in [0.2, 0.25) is 0 Å². The Morgan fingerprint density at radius 3 is 2.77 bits per heavy atom. The van der Waals surface area contributed by atoms with Crippen molar-refractivity contribution in [3.05, 3.63) is 74.4 Å². The molecule has 44 heavy (non-hydrogen) atoms. The van der Waals surface area contributed by atoms with Crippen LogP contribution >= 0.6 is 11.8 Å². The minimum atomic E-state index is -2.15. The largest absolute Gasteiger partial charge is 0.769 e. The molecule has 4 unspecified atom stereocenters. The van der Waals surface area contributed by atoms with Crippen LogP contribution in [0.4, 0.5) is 0 Å². The van der Waals surface area contributed by atoms with Crippen LogP contribution in [0.2, 0.25) is 0 Å². The summed E-state index contributed by atoms with van der Waals surface area (Å²) in [6, 6.07) is -0.0801. The summed E-state index contributed by atoms with van der Waals surface area (Å²) in [5, 5.41) is 9.68. The van der Waals surface area contributed by atoms with E-state index in [-0.39, 0.29) is 48.9 Å². The Labute approximate surface area is 292 Å². The summed E-state index contributed by atoms with van der Waals surface area (Å²) in [6.45, 7) is 12.2. The van der Waals surface area contributed by atoms with Gasteiger partial charge in [0, 0.05) is 43.8 Å². The molecule has 5 heterocycles. The number of ether oxygens (including phenoxy) is 1. The summed E-state index contributed by atoms with van der Waals surface area (Å²) in [5.74, 6) is 3.64. The first-order valence-electron chi connectivity index (χ1n) is 19.1. The number of rotatable bonds is 3. The summed E-state index contributed by atoms with van der Waals surface area (Å²) in [4.78, 5) is 5.31. The molecule has 0 bridgehead atoms. The molecular formula is C38H53IrN3OS-4. The average molecular weight is 797 g/mol. The molecule has 245 valence electrons. The van der Waals surface area contributed by atoms with Crippen molar-refractivity contribution in [1.29, 1.82) is 0 Å². The molecule has 6 heteroatoms. The predicted octanol–water partition coefficient (Wildman–Crippen LogP) is 10.3. The molecule has 0 aromatic carbocycles. The molecule has 4 nitrogen and oxygen atoms in total. The minimum Gasteiger partial charge on any atom is -0.769 e. The van der Waals surface area contributed by atoms with Crippen LogP contribution < -0.4 is 0 Å². The number of allylic oxidation sites excluding steroid dienone is 6. The van der Waals surface area contributed by atoms with Crippen molar-refractivity contribution in [3.8, 4) is 0 Å². The van der Waals surface area contributed by atoms with Crippen molar-refractivity contribution >= 4 is 17.5 Å². The van der Waals surface area contributed by atoms with E-state index in [1.807, 2.05) is 26.8 Å². The van der Waals surface area contributed by atoms with Gasteiger partial charge in [-0.3, -0.25) is 11.1 Å². The van der Waals surface area contributed by atoms with Crippen molar-refractivity contribution < 1.29 is 31.7 Å². The fourth-order valence-corrected chi connectivity index (χ4v) is 8.73. The van der Waals surface area contributed by atoms with Crippen molar-refractivity contribution in [1.82, 2.24) is 0 Å². The van der Waals surface area contributed by atoms with Crippen LogP contribution in [0.5, 0.6) is 0 Å². The normalized spacial score (nSPS) is 38.4. The van der Waals surface area contributed by atoms with Crippen LogP contribution in [-0.2, 0) is 24.8 Å². The van der Waals surface area contributed by atoms with Gasteiger partial charge in [0.1, 0.15) is 0 Å². The number of nitrogens with zero attached hydrogens (tertiary/aromatic N) is 3. The van der Waals surface area contributed by atoms with Crippen LogP contribution in [0.1, 0.15) is 107 Å². The molecule has 0 saturated carbocycles. The minimum absolute atomic E-state index is 0. The van der Waals surface area contributed by atoms with Gasteiger partial charge < -0.3 is 21.1 Å². The summed E-state index contributed by atoms with van der Waals surface area (Å²) in [7, 11) is 0. The first-order valence-corrected chi connectivity index (χ1v) is 17.5. The smallest absolute Gasteiger partial charge is 0.171 e. The standard InChI is InChI=1S/C24H32N2OS.C14H21N.Ir/c1-14-8-9-18-17-6-5-7-19(21(17)27-23(18)26-14)20-22-15(10-11-25-20)12-16(28-22)13-24(2,3)4;1-10-4-6-13(7-5-10)14-8-11(2)12(3)9-15-14;/h7,10,12,17-18,20,22-23H,5-6,8-9,11,13H2,1-4H3;8,10-12H,4-6,9H2,1-3H3;/q2*-2;/t17?,18?,20-,22?,23?;10-,11+,12-;/m01./s1/i1D3,13D2;;. The van der Waals surface area contributed by atoms with E-state index in [0.29, 0.717) is 24.8 Å². The number of hydrogen-bond acceptors (Lipinski definition) is 3. The number of aliphatic imine (C=N–C) groups is 1. The second kappa shape index (κ2) is 14.3. The molecule has 5 aliphatic heterocycles. The van der Waals surface area contributed by atoms with Gasteiger partial charge in [0.25, 0.3) is 0 Å². The Bertz CT molecular complexity index is 1440. The summed E-state index contributed by atoms with van der Waals surface area (Å²) >= 11 is 1.61. The summed E-state index contributed by atoms with van der Waals surface area (Å²) in [5.41, 5.74) is 4.68. The molecule has 0 aromatic heterocycles. The Balaban J connectivity index is 0.000000246. The second-order valence-electron chi connectivity index (χ2n) is 14.7. The Morgan fingerprint density at radius 2 is 2.05 bits per heavy atom. The molecule has 0 aromatic rings. The third kappa shape index (κ3) is 7.67. The molecule has 7 rings (SSSR count). The van der Waals surface area contributed by atoms with E-state index in [4.69, 9.17) is 16.9 Å². The molecule has 1 fully saturated rings. The van der Waals surface area contributed by atoms with E-state index in [1.54, 1.807) is 11.8 Å². The zero-order chi connectivity index (χ0) is 34.6. The van der Waals surface area contributed by atoms with Gasteiger partial charge in [-0.2, -0.15) is 11.6 Å². The van der Waals surface area contributed by atoms with Gasteiger partial charge in [0.15, 0.2) is 6.23 Å². The van der Waals surface area contributed by atoms with Gasteiger partial charge in [-0.15, -0.1) is 49.8 Å². The third-order valence-electron chi connectivity index (χ3n) is 9.93. The van der Waals surface area contributed by atoms with Gasteiger partial charge in [-0.05, 0) is 65.6 Å². The molecule has 1 radical (unpaired) electrons. The average Bonchev–Trinajstić information content (AvgIpc) is 3.64. The topological polar surface area (TPSA) is 49.8 Å². The monoisotopic (exact) mass is 797 g/mol. The summed E-state index contributed by atoms with van der Waals surface area (Å²) in [6.07, 6.45) is 17.3. The maximum Gasteiger partial charge on any atom is 0.171 e. The van der Waals surface area contributed by atoms with E-state index in [0.717, 1.165) is 60.0 Å². The molecule has 0 amide bonds. The molecule has 0 spiro atoms. The van der Waals surface area contributed by atoms with Crippen LogP contribution in [0.15, 0.2) is 56.3 Å². The van der Waals surface area contributed by atoms with Crippen LogP contribution in [-0.4, -0.2) is 36.3 Å². The maximum atomic E-state index is 8.75. The number of fused-ring (bicyclic) bond motifs is 4. The third-order valence-corrected chi connectivity index (χ3v) is 11.2. The van der Waals surface area contributed by atoms with Crippen molar-refractivity contribution in [2.45, 2.75) is 117 Å². The zero-order valence-corrected chi connectivity index (χ0v) is 30.5. The predicted molar refractivity (Wildman–Crippen MR) is 183 cm³/mol. The van der Waals surface area contributed by atoms with Crippen molar-refractivity contribution in [2.75, 3.05) is 13.1 Å². The Morgan fingerprint density at radius 1 is 1.20 bits per heavy atom. The van der Waals surface area contributed by atoms with E-state index >= 15 is 0 Å². The Kier molecular flexibility index (Phi) is 9.05. The number of thioether (sulfide) groups is 1. The van der Waals surface area contributed by atoms with E-state index < -0.39 is 24.9 Å². The van der Waals surface area contributed by atoms with E-state index in [1.165, 1.54) is 24.1 Å². The number of hydrogen-bond donors (Lipinski definition) is 0. The Hall–Kier alpha value is -1.20. The first-order chi connectivity index (χ1) is 22.5. The van der Waals surface area contributed by atoms with Gasteiger partial charge in [-0.1, -0.05) is 72.6 Å². The van der Waals surface area contributed by atoms with Gasteiger partial charge in [-0.25, -0.2) is 12.0 Å².